The van der Waals surface area contributed by atoms with Crippen molar-refractivity contribution in [3.8, 4) is 0 Å². The van der Waals surface area contributed by atoms with E-state index in [0.29, 0.717) is 13.2 Å². The molecule has 8 nitrogen and oxygen atoms in total. The summed E-state index contributed by atoms with van der Waals surface area (Å²) in [6.07, 6.45) is -0.0709. The predicted molar refractivity (Wildman–Crippen MR) is 120 cm³/mol. The van der Waals surface area contributed by atoms with E-state index < -0.39 is 19.7 Å². The fourth-order valence-electron chi connectivity index (χ4n) is 2.97. The van der Waals surface area contributed by atoms with Gasteiger partial charge in [0.15, 0.2) is 15.7 Å². The van der Waals surface area contributed by atoms with Gasteiger partial charge in [-0.2, -0.15) is 4.98 Å². The van der Waals surface area contributed by atoms with Crippen LogP contribution in [0.25, 0.3) is 0 Å². The van der Waals surface area contributed by atoms with Crippen molar-refractivity contribution < 1.29 is 26.0 Å². The summed E-state index contributed by atoms with van der Waals surface area (Å²) >= 11 is 0. The third kappa shape index (κ3) is 5.37. The Kier molecular flexibility index (Phi) is 7.37. The van der Waals surface area contributed by atoms with Gasteiger partial charge < -0.3 is 14.5 Å². The molecule has 0 saturated heterocycles. The monoisotopic (exact) mass is 478 g/mol. The van der Waals surface area contributed by atoms with Crippen LogP contribution in [0.3, 0.4) is 0 Å². The van der Waals surface area contributed by atoms with Crippen molar-refractivity contribution in [2.75, 3.05) is 31.3 Å². The molecule has 0 fully saturated rings. The van der Waals surface area contributed by atoms with Crippen LogP contribution >= 0.6 is 0 Å². The second-order valence-electron chi connectivity index (χ2n) is 7.29. The molecule has 1 N–H and O–H groups in total. The van der Waals surface area contributed by atoms with Crippen LogP contribution in [-0.4, -0.2) is 47.8 Å². The van der Waals surface area contributed by atoms with E-state index in [1.807, 2.05) is 13.8 Å². The highest BCUT2D eigenvalue weighted by molar-refractivity contribution is 7.91. The molecule has 172 valence electrons. The molecule has 0 spiro atoms. The minimum absolute atomic E-state index is 0.0202. The lowest BCUT2D eigenvalue weighted by Gasteiger charge is -2.06. The second-order valence-corrected chi connectivity index (χ2v) is 11.3. The molecule has 2 aromatic carbocycles. The number of hydrogen-bond donors (Lipinski definition) is 1. The van der Waals surface area contributed by atoms with Crippen LogP contribution in [0.5, 0.6) is 0 Å². The Balaban J connectivity index is 1.88. The van der Waals surface area contributed by atoms with Crippen LogP contribution in [-0.2, 0) is 30.8 Å². The number of aryl methyl sites for hydroxylation is 3. The molecular weight excluding hydrogens is 452 g/mol. The highest BCUT2D eigenvalue weighted by Gasteiger charge is 2.28. The lowest BCUT2D eigenvalue weighted by Crippen LogP contribution is -2.11. The fourth-order valence-corrected chi connectivity index (χ4v) is 5.60. The summed E-state index contributed by atoms with van der Waals surface area (Å²) in [4.78, 5) is 4.42. The normalized spacial score (nSPS) is 12.1. The molecule has 3 aromatic rings. The average Bonchev–Trinajstić information content (AvgIpc) is 3.19. The molecule has 1 heterocycles. The Hall–Kier alpha value is -2.69. The highest BCUT2D eigenvalue weighted by atomic mass is 32.2. The van der Waals surface area contributed by atoms with Gasteiger partial charge in [-0.15, -0.1) is 0 Å². The first-order chi connectivity index (χ1) is 15.1. The lowest BCUT2D eigenvalue weighted by molar-refractivity contribution is 0.210. The van der Waals surface area contributed by atoms with Crippen LogP contribution in [0, 0.1) is 13.8 Å². The number of ether oxygens (including phenoxy) is 1. The molecule has 0 aliphatic heterocycles. The number of sulfone groups is 2. The number of oxazole rings is 1. The van der Waals surface area contributed by atoms with E-state index in [2.05, 4.69) is 10.3 Å². The molecule has 0 aliphatic carbocycles. The molecule has 0 saturated carbocycles. The third-order valence-electron chi connectivity index (χ3n) is 4.96. The molecule has 0 amide bonds. The number of aromatic nitrogens is 1. The maximum Gasteiger partial charge on any atom is 0.233 e. The molecule has 0 radical (unpaired) electrons. The van der Waals surface area contributed by atoms with E-state index >= 15 is 0 Å². The van der Waals surface area contributed by atoms with Crippen LogP contribution in [0.2, 0.25) is 0 Å². The lowest BCUT2D eigenvalue weighted by atomic mass is 10.1. The Labute approximate surface area is 188 Å². The first-order valence-corrected chi connectivity index (χ1v) is 13.1. The summed E-state index contributed by atoms with van der Waals surface area (Å²) in [6, 6.07) is 12.8. The van der Waals surface area contributed by atoms with Gasteiger partial charge in [-0.1, -0.05) is 24.3 Å². The Morgan fingerprint density at radius 2 is 1.69 bits per heavy atom. The summed E-state index contributed by atoms with van der Waals surface area (Å²) in [6.45, 7) is 4.37. The molecule has 0 bridgehead atoms. The Bertz CT molecular complexity index is 1280. The van der Waals surface area contributed by atoms with Gasteiger partial charge in [0.2, 0.25) is 20.7 Å². The van der Waals surface area contributed by atoms with Crippen LogP contribution < -0.4 is 5.32 Å². The zero-order valence-corrected chi connectivity index (χ0v) is 19.8. The quantitative estimate of drug-likeness (QED) is 0.442. The van der Waals surface area contributed by atoms with E-state index in [-0.39, 0.29) is 38.8 Å². The molecule has 1 aromatic heterocycles. The molecule has 0 atom stereocenters. The minimum atomic E-state index is -3.96. The third-order valence-corrected chi connectivity index (χ3v) is 8.35. The summed E-state index contributed by atoms with van der Waals surface area (Å²) in [7, 11) is -6.04. The van der Waals surface area contributed by atoms with Crippen molar-refractivity contribution >= 4 is 25.6 Å². The fraction of sp³-hybridized carbons (Fsp3) is 0.318. The van der Waals surface area contributed by atoms with E-state index in [9.17, 15) is 16.8 Å². The predicted octanol–water partition coefficient (Wildman–Crippen LogP) is 3.20. The maximum absolute atomic E-state index is 13.1. The second kappa shape index (κ2) is 9.85. The maximum atomic E-state index is 13.1. The number of nitrogens with one attached hydrogen (secondary N) is 1. The standard InChI is InChI=1S/C22H26N2O6S2/c1-16-9-10-19(15-17(16)2)31(25,26)14-11-20-24-22(21(30-20)23-12-13-29-3)32(27,28)18-7-5-4-6-8-18/h4-10,15,23H,11-14H2,1-3H3. The number of hydrogen-bond acceptors (Lipinski definition) is 8. The number of anilines is 1. The SMILES string of the molecule is COCCNc1oc(CCS(=O)(=O)c2ccc(C)c(C)c2)nc1S(=O)(=O)c1ccccc1. The van der Waals surface area contributed by atoms with Gasteiger partial charge >= 0.3 is 0 Å². The summed E-state index contributed by atoms with van der Waals surface area (Å²) in [5.74, 6) is -0.283. The van der Waals surface area contributed by atoms with Gasteiger partial charge in [0.1, 0.15) is 0 Å². The molecule has 3 rings (SSSR count). The van der Waals surface area contributed by atoms with Crippen molar-refractivity contribution in [2.24, 2.45) is 0 Å². The van der Waals surface area contributed by atoms with Crippen molar-refractivity contribution in [2.45, 2.75) is 35.1 Å². The van der Waals surface area contributed by atoms with Gasteiger partial charge in [-0.05, 0) is 49.2 Å². The van der Waals surface area contributed by atoms with Gasteiger partial charge in [0.05, 0.1) is 22.2 Å². The minimum Gasteiger partial charge on any atom is -0.424 e. The van der Waals surface area contributed by atoms with Crippen LogP contribution in [0.1, 0.15) is 17.0 Å². The molecule has 0 unspecified atom stereocenters. The topological polar surface area (TPSA) is 116 Å². The van der Waals surface area contributed by atoms with Crippen molar-refractivity contribution in [1.29, 1.82) is 0 Å². The number of rotatable bonds is 10. The summed E-state index contributed by atoms with van der Waals surface area (Å²) in [5, 5.41) is 2.59. The van der Waals surface area contributed by atoms with Crippen LogP contribution in [0.4, 0.5) is 5.88 Å². The van der Waals surface area contributed by atoms with Crippen LogP contribution in [0.15, 0.2) is 67.8 Å². The van der Waals surface area contributed by atoms with E-state index in [4.69, 9.17) is 9.15 Å². The zero-order valence-electron chi connectivity index (χ0n) is 18.2. The summed E-state index contributed by atoms with van der Waals surface area (Å²) < 4.78 is 62.3. The summed E-state index contributed by atoms with van der Waals surface area (Å²) in [5.41, 5.74) is 1.88. The van der Waals surface area contributed by atoms with Gasteiger partial charge in [0.25, 0.3) is 0 Å². The average molecular weight is 479 g/mol. The van der Waals surface area contributed by atoms with Crippen molar-refractivity contribution in [3.05, 3.63) is 65.5 Å². The van der Waals surface area contributed by atoms with Gasteiger partial charge in [-0.3, -0.25) is 0 Å². The zero-order chi connectivity index (χ0) is 23.4. The first-order valence-electron chi connectivity index (χ1n) is 9.98. The van der Waals surface area contributed by atoms with Crippen molar-refractivity contribution in [1.82, 2.24) is 4.98 Å². The smallest absolute Gasteiger partial charge is 0.233 e. The molecule has 32 heavy (non-hydrogen) atoms. The highest BCUT2D eigenvalue weighted by Crippen LogP contribution is 2.29. The Morgan fingerprint density at radius 3 is 2.34 bits per heavy atom. The molecule has 0 aliphatic rings. The molecule has 10 heteroatoms. The number of methoxy groups -OCH3 is 1. The number of benzene rings is 2. The first kappa shape index (κ1) is 24.0. The van der Waals surface area contributed by atoms with Gasteiger partial charge in [-0.25, -0.2) is 16.8 Å². The van der Waals surface area contributed by atoms with E-state index in [1.165, 1.54) is 19.2 Å². The Morgan fingerprint density at radius 1 is 0.969 bits per heavy atom. The van der Waals surface area contributed by atoms with Gasteiger partial charge in [0, 0.05) is 20.1 Å². The van der Waals surface area contributed by atoms with Crippen molar-refractivity contribution in [3.63, 3.8) is 0 Å². The number of nitrogens with zero attached hydrogens (tertiary/aromatic N) is 1. The largest absolute Gasteiger partial charge is 0.424 e. The van der Waals surface area contributed by atoms with E-state index in [1.54, 1.807) is 36.4 Å². The van der Waals surface area contributed by atoms with E-state index in [0.717, 1.165) is 11.1 Å². The molecular formula is C22H26N2O6S2.